The third kappa shape index (κ3) is 5.46. The van der Waals surface area contributed by atoms with E-state index in [-0.39, 0.29) is 5.91 Å². The van der Waals surface area contributed by atoms with E-state index in [0.29, 0.717) is 42.6 Å². The molecule has 0 aliphatic rings. The van der Waals surface area contributed by atoms with Crippen LogP contribution in [0.4, 0.5) is 5.69 Å². The van der Waals surface area contributed by atoms with E-state index in [1.807, 2.05) is 70.3 Å². The zero-order valence-corrected chi connectivity index (χ0v) is 21.3. The predicted molar refractivity (Wildman–Crippen MR) is 142 cm³/mol. The highest BCUT2D eigenvalue weighted by Gasteiger charge is 2.19. The number of anilines is 1. The summed E-state index contributed by atoms with van der Waals surface area (Å²) in [5.41, 5.74) is 4.35. The molecule has 188 valence electrons. The van der Waals surface area contributed by atoms with Gasteiger partial charge in [-0.05, 0) is 63.1 Å². The van der Waals surface area contributed by atoms with Gasteiger partial charge in [-0.3, -0.25) is 4.79 Å². The van der Waals surface area contributed by atoms with Crippen molar-refractivity contribution < 1.29 is 19.0 Å². The minimum absolute atomic E-state index is 0.241. The number of carbonyl (C=O) groups excluding carboxylic acids is 1. The standard InChI is InChI=1S/C29H33N3O4/c1-5-34-25-18-21(19-26(35-6-2)28(25)36-7-3)29(33)31-22-13-9-8-12-20(22)16-17-27-30-23-14-10-11-15-24(23)32(27)4/h8-15,18-19H,5-7,16-17H2,1-4H3,(H,31,33). The molecule has 0 saturated heterocycles. The van der Waals surface area contributed by atoms with Crippen LogP contribution in [0.5, 0.6) is 17.2 Å². The maximum Gasteiger partial charge on any atom is 0.255 e. The maximum atomic E-state index is 13.3. The maximum absolute atomic E-state index is 13.3. The monoisotopic (exact) mass is 487 g/mol. The molecule has 0 aliphatic carbocycles. The minimum Gasteiger partial charge on any atom is -0.490 e. The number of imidazole rings is 1. The lowest BCUT2D eigenvalue weighted by Gasteiger charge is -2.17. The normalized spacial score (nSPS) is 10.9. The summed E-state index contributed by atoms with van der Waals surface area (Å²) in [4.78, 5) is 18.1. The highest BCUT2D eigenvalue weighted by molar-refractivity contribution is 6.05. The van der Waals surface area contributed by atoms with Crippen molar-refractivity contribution in [2.24, 2.45) is 7.05 Å². The molecule has 1 aromatic heterocycles. The van der Waals surface area contributed by atoms with Crippen molar-refractivity contribution in [1.29, 1.82) is 0 Å². The van der Waals surface area contributed by atoms with Gasteiger partial charge in [0.25, 0.3) is 5.91 Å². The molecular formula is C29H33N3O4. The molecule has 3 aromatic carbocycles. The van der Waals surface area contributed by atoms with Gasteiger partial charge in [0.15, 0.2) is 11.5 Å². The molecule has 0 aliphatic heterocycles. The Morgan fingerprint density at radius 2 is 1.50 bits per heavy atom. The molecule has 0 radical (unpaired) electrons. The summed E-state index contributed by atoms with van der Waals surface area (Å²) in [6, 6.07) is 19.4. The van der Waals surface area contributed by atoms with Crippen LogP contribution in [0, 0.1) is 0 Å². The summed E-state index contributed by atoms with van der Waals surface area (Å²) in [5.74, 6) is 2.26. The van der Waals surface area contributed by atoms with Crippen LogP contribution in [-0.2, 0) is 19.9 Å². The summed E-state index contributed by atoms with van der Waals surface area (Å²) in [6.07, 6.45) is 1.50. The molecule has 1 amide bonds. The molecule has 0 fully saturated rings. The number of amides is 1. The molecule has 1 N–H and O–H groups in total. The quantitative estimate of drug-likeness (QED) is 0.289. The zero-order chi connectivity index (χ0) is 25.5. The Hall–Kier alpha value is -4.00. The lowest BCUT2D eigenvalue weighted by molar-refractivity contribution is 0.102. The van der Waals surface area contributed by atoms with Crippen molar-refractivity contribution in [3.05, 3.63) is 77.6 Å². The van der Waals surface area contributed by atoms with Crippen LogP contribution in [0.3, 0.4) is 0 Å². The Bertz CT molecular complexity index is 1320. The number of para-hydroxylation sites is 3. The number of aromatic nitrogens is 2. The predicted octanol–water partition coefficient (Wildman–Crippen LogP) is 5.81. The Kier molecular flexibility index (Phi) is 8.10. The van der Waals surface area contributed by atoms with Gasteiger partial charge in [-0.1, -0.05) is 30.3 Å². The number of ether oxygens (including phenoxy) is 3. The third-order valence-electron chi connectivity index (χ3n) is 5.93. The Labute approximate surface area is 212 Å². The van der Waals surface area contributed by atoms with Gasteiger partial charge in [0.2, 0.25) is 5.75 Å². The summed E-state index contributed by atoms with van der Waals surface area (Å²) < 4.78 is 19.4. The molecule has 0 unspecified atom stereocenters. The molecule has 0 bridgehead atoms. The molecular weight excluding hydrogens is 454 g/mol. The number of hydrogen-bond donors (Lipinski definition) is 1. The molecule has 0 spiro atoms. The SMILES string of the molecule is CCOc1cc(C(=O)Nc2ccccc2CCc2nc3ccccc3n2C)cc(OCC)c1OCC. The minimum atomic E-state index is -0.241. The van der Waals surface area contributed by atoms with E-state index >= 15 is 0 Å². The van der Waals surface area contributed by atoms with Crippen molar-refractivity contribution in [2.45, 2.75) is 33.6 Å². The second-order valence-electron chi connectivity index (χ2n) is 8.29. The van der Waals surface area contributed by atoms with Crippen LogP contribution in [0.2, 0.25) is 0 Å². The number of hydrogen-bond acceptors (Lipinski definition) is 5. The first-order valence-electron chi connectivity index (χ1n) is 12.4. The van der Waals surface area contributed by atoms with Crippen LogP contribution in [0.15, 0.2) is 60.7 Å². The molecule has 0 saturated carbocycles. The second-order valence-corrected chi connectivity index (χ2v) is 8.29. The van der Waals surface area contributed by atoms with Gasteiger partial charge >= 0.3 is 0 Å². The van der Waals surface area contributed by atoms with Gasteiger partial charge in [-0.25, -0.2) is 4.98 Å². The van der Waals surface area contributed by atoms with E-state index < -0.39 is 0 Å². The molecule has 7 nitrogen and oxygen atoms in total. The van der Waals surface area contributed by atoms with Crippen LogP contribution in [-0.4, -0.2) is 35.3 Å². The molecule has 4 aromatic rings. The summed E-state index contributed by atoms with van der Waals surface area (Å²) >= 11 is 0. The van der Waals surface area contributed by atoms with E-state index in [4.69, 9.17) is 19.2 Å². The third-order valence-corrected chi connectivity index (χ3v) is 5.93. The molecule has 1 heterocycles. The highest BCUT2D eigenvalue weighted by atomic mass is 16.5. The Balaban J connectivity index is 1.56. The molecule has 7 heteroatoms. The van der Waals surface area contributed by atoms with Crippen molar-refractivity contribution in [1.82, 2.24) is 9.55 Å². The first-order chi connectivity index (χ1) is 17.5. The van der Waals surface area contributed by atoms with Gasteiger partial charge in [-0.15, -0.1) is 0 Å². The van der Waals surface area contributed by atoms with Crippen LogP contribution >= 0.6 is 0 Å². The van der Waals surface area contributed by atoms with Gasteiger partial charge < -0.3 is 24.1 Å². The Morgan fingerprint density at radius 3 is 2.17 bits per heavy atom. The van der Waals surface area contributed by atoms with Crippen molar-refractivity contribution in [3.8, 4) is 17.2 Å². The average molecular weight is 488 g/mol. The summed E-state index contributed by atoms with van der Waals surface area (Å²) in [7, 11) is 2.04. The van der Waals surface area contributed by atoms with E-state index in [9.17, 15) is 4.79 Å². The largest absolute Gasteiger partial charge is 0.490 e. The summed E-state index contributed by atoms with van der Waals surface area (Å²) in [6.45, 7) is 7.04. The number of benzene rings is 3. The number of fused-ring (bicyclic) bond motifs is 1. The van der Waals surface area contributed by atoms with E-state index in [0.717, 1.165) is 41.0 Å². The van der Waals surface area contributed by atoms with Gasteiger partial charge in [0.1, 0.15) is 5.82 Å². The fourth-order valence-electron chi connectivity index (χ4n) is 4.24. The number of nitrogens with one attached hydrogen (secondary N) is 1. The number of rotatable bonds is 11. The van der Waals surface area contributed by atoms with Gasteiger partial charge in [-0.2, -0.15) is 0 Å². The van der Waals surface area contributed by atoms with Gasteiger partial charge in [0.05, 0.1) is 30.9 Å². The molecule has 36 heavy (non-hydrogen) atoms. The fourth-order valence-corrected chi connectivity index (χ4v) is 4.24. The first-order valence-corrected chi connectivity index (χ1v) is 12.4. The van der Waals surface area contributed by atoms with Crippen LogP contribution < -0.4 is 19.5 Å². The lowest BCUT2D eigenvalue weighted by atomic mass is 10.1. The first kappa shape index (κ1) is 25.1. The lowest BCUT2D eigenvalue weighted by Crippen LogP contribution is -2.15. The Morgan fingerprint density at radius 1 is 0.861 bits per heavy atom. The van der Waals surface area contributed by atoms with E-state index in [2.05, 4.69) is 16.0 Å². The smallest absolute Gasteiger partial charge is 0.255 e. The van der Waals surface area contributed by atoms with Crippen LogP contribution in [0.1, 0.15) is 42.5 Å². The van der Waals surface area contributed by atoms with Crippen molar-refractivity contribution >= 4 is 22.6 Å². The average Bonchev–Trinajstić information content (AvgIpc) is 3.21. The summed E-state index contributed by atoms with van der Waals surface area (Å²) in [5, 5.41) is 3.08. The van der Waals surface area contributed by atoms with Crippen LogP contribution in [0.25, 0.3) is 11.0 Å². The fraction of sp³-hybridized carbons (Fsp3) is 0.310. The number of aryl methyl sites for hydroxylation is 3. The molecule has 4 rings (SSSR count). The second kappa shape index (κ2) is 11.6. The van der Waals surface area contributed by atoms with E-state index in [1.54, 1.807) is 12.1 Å². The topological polar surface area (TPSA) is 74.6 Å². The molecule has 0 atom stereocenters. The number of nitrogens with zero attached hydrogens (tertiary/aromatic N) is 2. The van der Waals surface area contributed by atoms with E-state index in [1.165, 1.54) is 0 Å². The van der Waals surface area contributed by atoms with Gasteiger partial charge in [0, 0.05) is 24.7 Å². The number of carbonyl (C=O) groups is 1. The zero-order valence-electron chi connectivity index (χ0n) is 21.3. The highest BCUT2D eigenvalue weighted by Crippen LogP contribution is 2.39. The van der Waals surface area contributed by atoms with Crippen molar-refractivity contribution in [3.63, 3.8) is 0 Å². The van der Waals surface area contributed by atoms with Crippen molar-refractivity contribution in [2.75, 3.05) is 25.1 Å².